The number of hydrogen-bond acceptors (Lipinski definition) is 9. The van der Waals surface area contributed by atoms with Gasteiger partial charge in [-0.2, -0.15) is 8.42 Å². The molecule has 0 saturated carbocycles. The van der Waals surface area contributed by atoms with Crippen molar-refractivity contribution in [2.75, 3.05) is 18.1 Å². The summed E-state index contributed by atoms with van der Waals surface area (Å²) in [5.74, 6) is -2.65. The molecule has 0 rings (SSSR count). The summed E-state index contributed by atoms with van der Waals surface area (Å²) in [5.41, 5.74) is 0. The lowest BCUT2D eigenvalue weighted by Crippen LogP contribution is -2.19. The van der Waals surface area contributed by atoms with Crippen molar-refractivity contribution in [2.24, 2.45) is 0 Å². The molecular weight excluding hydrogens is 376 g/mol. The zero-order valence-electron chi connectivity index (χ0n) is 14.7. The molecule has 11 heteroatoms. The molecule has 0 saturated heterocycles. The van der Waals surface area contributed by atoms with Crippen molar-refractivity contribution >= 4 is 31.9 Å². The number of esters is 2. The van der Waals surface area contributed by atoms with Gasteiger partial charge in [-0.1, -0.05) is 12.8 Å². The second-order valence-corrected chi connectivity index (χ2v) is 9.44. The maximum Gasteiger partial charge on any atom is 0.306 e. The fourth-order valence-corrected chi connectivity index (χ4v) is 2.93. The summed E-state index contributed by atoms with van der Waals surface area (Å²) in [6, 6.07) is 0. The van der Waals surface area contributed by atoms with Gasteiger partial charge in [-0.3, -0.25) is 13.8 Å². The molecule has 0 unspecified atom stereocenters. The lowest BCUT2D eigenvalue weighted by molar-refractivity contribution is -0.143. The molecule has 25 heavy (non-hydrogen) atoms. The van der Waals surface area contributed by atoms with E-state index in [1.807, 2.05) is 0 Å². The van der Waals surface area contributed by atoms with Gasteiger partial charge in [0.25, 0.3) is 0 Å². The minimum atomic E-state index is -3.88. The van der Waals surface area contributed by atoms with Crippen LogP contribution in [0, 0.1) is 0 Å². The molecule has 0 aliphatic rings. The molecular formula is C14H26O9S2. The van der Waals surface area contributed by atoms with Crippen molar-refractivity contribution in [3.8, 4) is 0 Å². The van der Waals surface area contributed by atoms with E-state index in [2.05, 4.69) is 13.7 Å². The lowest BCUT2D eigenvalue weighted by Gasteiger charge is -2.09. The minimum absolute atomic E-state index is 0.0652. The topological polar surface area (TPSA) is 130 Å². The van der Waals surface area contributed by atoms with Crippen molar-refractivity contribution < 1.29 is 40.1 Å². The van der Waals surface area contributed by atoms with Crippen molar-refractivity contribution in [2.45, 2.75) is 58.5 Å². The van der Waals surface area contributed by atoms with E-state index in [1.54, 1.807) is 13.8 Å². The number of unbranched alkanes of at least 4 members (excludes halogenated alkanes) is 3. The Bertz CT molecular complexity index is 621. The Morgan fingerprint density at radius 3 is 1.64 bits per heavy atom. The van der Waals surface area contributed by atoms with Crippen LogP contribution in [0.4, 0.5) is 0 Å². The number of carbonyl (C=O) groups excluding carboxylic acids is 2. The zero-order valence-corrected chi connectivity index (χ0v) is 16.4. The maximum atomic E-state index is 11.4. The second kappa shape index (κ2) is 11.4. The molecule has 0 amide bonds. The fraction of sp³-hybridized carbons (Fsp3) is 0.857. The first-order valence-electron chi connectivity index (χ1n) is 7.81. The normalized spacial score (nSPS) is 12.2. The third-order valence-corrected chi connectivity index (χ3v) is 4.28. The molecule has 0 spiro atoms. The van der Waals surface area contributed by atoms with Gasteiger partial charge in [0.1, 0.15) is 0 Å². The first-order valence-corrected chi connectivity index (χ1v) is 11.4. The number of carbonyl (C=O) groups is 2. The van der Waals surface area contributed by atoms with E-state index in [1.165, 1.54) is 0 Å². The molecule has 0 N–H and O–H groups in total. The predicted octanol–water partition coefficient (Wildman–Crippen LogP) is 1.13. The number of rotatable bonds is 13. The first kappa shape index (κ1) is 23.8. The summed E-state index contributed by atoms with van der Waals surface area (Å²) in [4.78, 5) is 22.7. The molecule has 0 radical (unpaired) electrons. The van der Waals surface area contributed by atoms with Gasteiger partial charge in [-0.25, -0.2) is 8.42 Å². The molecule has 0 aromatic heterocycles. The van der Waals surface area contributed by atoms with Crippen molar-refractivity contribution in [1.29, 1.82) is 0 Å². The van der Waals surface area contributed by atoms with E-state index in [9.17, 15) is 26.4 Å². The van der Waals surface area contributed by atoms with Gasteiger partial charge in [-0.15, -0.1) is 0 Å². The van der Waals surface area contributed by atoms with Crippen LogP contribution < -0.4 is 0 Å². The van der Waals surface area contributed by atoms with Gasteiger partial charge >= 0.3 is 22.1 Å². The average Bonchev–Trinajstić information content (AvgIpc) is 2.44. The number of ether oxygens (including phenoxy) is 2. The third-order valence-electron chi connectivity index (χ3n) is 2.65. The van der Waals surface area contributed by atoms with Crippen LogP contribution in [0.1, 0.15) is 52.4 Å². The van der Waals surface area contributed by atoms with E-state index in [0.29, 0.717) is 25.7 Å². The van der Waals surface area contributed by atoms with Gasteiger partial charge in [0.05, 0.1) is 6.10 Å². The van der Waals surface area contributed by atoms with Crippen LogP contribution >= 0.6 is 0 Å². The van der Waals surface area contributed by atoms with Gasteiger partial charge in [-0.05, 0) is 26.7 Å². The van der Waals surface area contributed by atoms with Crippen LogP contribution in [-0.4, -0.2) is 53.0 Å². The van der Waals surface area contributed by atoms with Gasteiger partial charge in [0.15, 0.2) is 15.8 Å². The standard InChI is InChI=1S/C14H26O9S2/c1-12(2)23-25(19,20)11-22-14(16)9-7-5-4-6-8-13(15)21-10-24(3,17)18/h12H,4-11H2,1-3H3. The Morgan fingerprint density at radius 2 is 1.24 bits per heavy atom. The van der Waals surface area contributed by atoms with E-state index >= 15 is 0 Å². The van der Waals surface area contributed by atoms with E-state index < -0.39 is 49.9 Å². The van der Waals surface area contributed by atoms with Crippen molar-refractivity contribution in [3.63, 3.8) is 0 Å². The zero-order chi connectivity index (χ0) is 19.5. The predicted molar refractivity (Wildman–Crippen MR) is 89.6 cm³/mol. The Morgan fingerprint density at radius 1 is 0.800 bits per heavy atom. The number of sulfone groups is 1. The van der Waals surface area contributed by atoms with Crippen LogP contribution in [0.2, 0.25) is 0 Å². The summed E-state index contributed by atoms with van der Waals surface area (Å²) in [6.45, 7) is 3.10. The van der Waals surface area contributed by atoms with Gasteiger partial charge in [0.2, 0.25) is 5.94 Å². The summed E-state index contributed by atoms with van der Waals surface area (Å²) in [5, 5.41) is 0. The maximum absolute atomic E-state index is 11.4. The molecule has 148 valence electrons. The van der Waals surface area contributed by atoms with Crippen molar-refractivity contribution in [3.05, 3.63) is 0 Å². The highest BCUT2D eigenvalue weighted by atomic mass is 32.2. The van der Waals surface area contributed by atoms with E-state index in [4.69, 9.17) is 0 Å². The highest BCUT2D eigenvalue weighted by Gasteiger charge is 2.16. The van der Waals surface area contributed by atoms with Crippen LogP contribution in [0.15, 0.2) is 0 Å². The lowest BCUT2D eigenvalue weighted by atomic mass is 10.1. The molecule has 0 aromatic carbocycles. The average molecular weight is 402 g/mol. The van der Waals surface area contributed by atoms with E-state index in [0.717, 1.165) is 6.26 Å². The molecule has 0 heterocycles. The SMILES string of the molecule is CC(C)OS(=O)(=O)COC(=O)CCCCCCC(=O)OCS(C)(=O)=O. The van der Waals surface area contributed by atoms with Crippen LogP contribution in [0.25, 0.3) is 0 Å². The minimum Gasteiger partial charge on any atom is -0.449 e. The largest absolute Gasteiger partial charge is 0.449 e. The third kappa shape index (κ3) is 16.0. The summed E-state index contributed by atoms with van der Waals surface area (Å²) < 4.78 is 58.2. The highest BCUT2D eigenvalue weighted by Crippen LogP contribution is 2.08. The highest BCUT2D eigenvalue weighted by molar-refractivity contribution is 7.90. The Hall–Kier alpha value is -1.20. The molecule has 0 aliphatic heterocycles. The smallest absolute Gasteiger partial charge is 0.306 e. The summed E-state index contributed by atoms with van der Waals surface area (Å²) in [6.07, 6.45) is 2.91. The quantitative estimate of drug-likeness (QED) is 0.253. The molecule has 0 bridgehead atoms. The van der Waals surface area contributed by atoms with Crippen LogP contribution in [0.5, 0.6) is 0 Å². The van der Waals surface area contributed by atoms with Crippen LogP contribution in [0.3, 0.4) is 0 Å². The monoisotopic (exact) mass is 402 g/mol. The molecule has 0 aromatic rings. The molecule has 9 nitrogen and oxygen atoms in total. The van der Waals surface area contributed by atoms with Gasteiger partial charge < -0.3 is 9.47 Å². The molecule has 0 aliphatic carbocycles. The second-order valence-electron chi connectivity index (χ2n) is 5.81. The summed E-state index contributed by atoms with van der Waals surface area (Å²) in [7, 11) is -7.21. The van der Waals surface area contributed by atoms with E-state index in [-0.39, 0.29) is 12.8 Å². The van der Waals surface area contributed by atoms with Crippen molar-refractivity contribution in [1.82, 2.24) is 0 Å². The van der Waals surface area contributed by atoms with Crippen LogP contribution in [-0.2, 0) is 43.2 Å². The van der Waals surface area contributed by atoms with Gasteiger partial charge in [0, 0.05) is 19.1 Å². The first-order chi connectivity index (χ1) is 11.4. The fourth-order valence-electron chi connectivity index (χ4n) is 1.67. The molecule has 0 atom stereocenters. The Kier molecular flexibility index (Phi) is 10.9. The Labute approximate surface area is 149 Å². The summed E-state index contributed by atoms with van der Waals surface area (Å²) >= 11 is 0. The molecule has 0 fully saturated rings. The Balaban J connectivity index is 3.72. The number of hydrogen-bond donors (Lipinski definition) is 0.